The molecule has 5 rings (SSSR count). The number of cyclic esters (lactones) is 1. The van der Waals surface area contributed by atoms with Gasteiger partial charge in [0, 0.05) is 31.0 Å². The highest BCUT2D eigenvalue weighted by molar-refractivity contribution is 5.94. The van der Waals surface area contributed by atoms with Crippen LogP contribution in [0.1, 0.15) is 44.3 Å². The highest BCUT2D eigenvalue weighted by Crippen LogP contribution is 2.30. The molecule has 0 aliphatic carbocycles. The Morgan fingerprint density at radius 2 is 2.03 bits per heavy atom. The number of hydrogen-bond donors (Lipinski definition) is 1. The summed E-state index contributed by atoms with van der Waals surface area (Å²) in [5, 5.41) is 3.09. The molecule has 2 aromatic heterocycles. The summed E-state index contributed by atoms with van der Waals surface area (Å²) in [6.07, 6.45) is 5.52. The average molecular weight is 417 g/mol. The third-order valence-electron chi connectivity index (χ3n) is 5.92. The van der Waals surface area contributed by atoms with Gasteiger partial charge in [0.25, 0.3) is 0 Å². The van der Waals surface area contributed by atoms with Crippen LogP contribution >= 0.6 is 0 Å². The van der Waals surface area contributed by atoms with Gasteiger partial charge in [-0.15, -0.1) is 0 Å². The summed E-state index contributed by atoms with van der Waals surface area (Å²) in [4.78, 5) is 35.1. The Hall–Kier alpha value is -3.52. The van der Waals surface area contributed by atoms with Gasteiger partial charge in [-0.05, 0) is 42.7 Å². The van der Waals surface area contributed by atoms with Gasteiger partial charge in [0.05, 0.1) is 23.8 Å². The fourth-order valence-electron chi connectivity index (χ4n) is 4.32. The van der Waals surface area contributed by atoms with Crippen molar-refractivity contribution in [3.8, 4) is 5.82 Å². The van der Waals surface area contributed by atoms with Crippen molar-refractivity contribution < 1.29 is 14.3 Å². The molecule has 3 aromatic rings. The van der Waals surface area contributed by atoms with E-state index in [0.717, 1.165) is 33.8 Å². The van der Waals surface area contributed by atoms with E-state index in [9.17, 15) is 9.59 Å². The third-order valence-corrected chi connectivity index (χ3v) is 5.92. The molecule has 1 atom stereocenters. The lowest BCUT2D eigenvalue weighted by molar-refractivity contribution is -0.125. The van der Waals surface area contributed by atoms with Crippen molar-refractivity contribution >= 4 is 11.9 Å². The van der Waals surface area contributed by atoms with Crippen LogP contribution in [0.25, 0.3) is 5.82 Å². The van der Waals surface area contributed by atoms with Crippen LogP contribution in [0.4, 0.5) is 0 Å². The maximum atomic E-state index is 12.4. The average Bonchev–Trinajstić information content (AvgIpc) is 3.35. The first-order valence-electron chi connectivity index (χ1n) is 10.2. The van der Waals surface area contributed by atoms with Gasteiger partial charge in [0.1, 0.15) is 18.8 Å². The van der Waals surface area contributed by atoms with Crippen molar-refractivity contribution in [1.82, 2.24) is 24.8 Å². The first-order chi connectivity index (χ1) is 15.0. The smallest absolute Gasteiger partial charge is 0.338 e. The van der Waals surface area contributed by atoms with Crippen LogP contribution in [0.5, 0.6) is 0 Å². The Morgan fingerprint density at radius 3 is 2.77 bits per heavy atom. The van der Waals surface area contributed by atoms with Crippen molar-refractivity contribution in [1.29, 1.82) is 0 Å². The molecule has 0 radical (unpaired) electrons. The Labute approximate surface area is 179 Å². The molecule has 8 heteroatoms. The number of carbonyl (C=O) groups excluding carboxylic acids is 2. The topological polar surface area (TPSA) is 89.4 Å². The Kier molecular flexibility index (Phi) is 4.78. The quantitative estimate of drug-likeness (QED) is 0.655. The van der Waals surface area contributed by atoms with Crippen molar-refractivity contribution in [2.45, 2.75) is 33.0 Å². The zero-order chi connectivity index (χ0) is 21.5. The summed E-state index contributed by atoms with van der Waals surface area (Å²) in [6, 6.07) is 7.59. The highest BCUT2D eigenvalue weighted by Gasteiger charge is 2.30. The first-order valence-corrected chi connectivity index (χ1v) is 10.2. The van der Waals surface area contributed by atoms with E-state index < -0.39 is 0 Å². The number of imidazole rings is 1. The second kappa shape index (κ2) is 7.63. The number of fused-ring (bicyclic) bond motifs is 1. The van der Waals surface area contributed by atoms with E-state index in [1.165, 1.54) is 0 Å². The minimum absolute atomic E-state index is 0.0121. The number of benzene rings is 1. The van der Waals surface area contributed by atoms with Crippen LogP contribution in [0.15, 0.2) is 43.0 Å². The van der Waals surface area contributed by atoms with Gasteiger partial charge in [0.15, 0.2) is 0 Å². The Morgan fingerprint density at radius 1 is 1.16 bits per heavy atom. The zero-order valence-corrected chi connectivity index (χ0v) is 17.5. The third kappa shape index (κ3) is 3.70. The van der Waals surface area contributed by atoms with Crippen molar-refractivity contribution in [3.05, 3.63) is 76.5 Å². The number of aryl methyl sites for hydroxylation is 1. The summed E-state index contributed by atoms with van der Waals surface area (Å²) in [5.74, 6) is 0.520. The van der Waals surface area contributed by atoms with Crippen LogP contribution in [0.2, 0.25) is 0 Å². The van der Waals surface area contributed by atoms with E-state index in [0.29, 0.717) is 31.8 Å². The number of aromatic nitrogens is 3. The normalized spacial score (nSPS) is 18.6. The Bertz CT molecular complexity index is 1170. The molecule has 4 heterocycles. The zero-order valence-electron chi connectivity index (χ0n) is 17.5. The van der Waals surface area contributed by atoms with Crippen LogP contribution in [0.3, 0.4) is 0 Å². The first kappa shape index (κ1) is 19.4. The van der Waals surface area contributed by atoms with E-state index >= 15 is 0 Å². The molecule has 2 aliphatic rings. The number of nitrogens with one attached hydrogen (secondary N) is 1. The van der Waals surface area contributed by atoms with Gasteiger partial charge >= 0.3 is 5.97 Å². The summed E-state index contributed by atoms with van der Waals surface area (Å²) < 4.78 is 7.04. The number of rotatable bonds is 4. The largest absolute Gasteiger partial charge is 0.457 e. The SMILES string of the molecule is Cc1cn(-c2ccc(CN3CC(=O)N[C@H](c4ccc5c(c4C)COC5=O)C3)cn2)cn1. The minimum Gasteiger partial charge on any atom is -0.457 e. The lowest BCUT2D eigenvalue weighted by atomic mass is 9.93. The number of hydrogen-bond acceptors (Lipinski definition) is 6. The van der Waals surface area contributed by atoms with Gasteiger partial charge in [-0.25, -0.2) is 14.8 Å². The predicted molar refractivity (Wildman–Crippen MR) is 113 cm³/mol. The van der Waals surface area contributed by atoms with E-state index in [2.05, 4.69) is 20.2 Å². The molecule has 1 N–H and O–H groups in total. The Balaban J connectivity index is 1.32. The lowest BCUT2D eigenvalue weighted by Gasteiger charge is -2.34. The molecule has 2 aliphatic heterocycles. The summed E-state index contributed by atoms with van der Waals surface area (Å²) in [7, 11) is 0. The fourth-order valence-corrected chi connectivity index (χ4v) is 4.32. The molecule has 0 unspecified atom stereocenters. The summed E-state index contributed by atoms with van der Waals surface area (Å²) in [6.45, 7) is 5.88. The molecule has 1 amide bonds. The number of esters is 1. The number of ether oxygens (including phenoxy) is 1. The molecule has 0 saturated carbocycles. The molecule has 8 nitrogen and oxygen atoms in total. The van der Waals surface area contributed by atoms with Crippen LogP contribution in [0, 0.1) is 13.8 Å². The molecule has 0 spiro atoms. The number of nitrogens with zero attached hydrogens (tertiary/aromatic N) is 4. The van der Waals surface area contributed by atoms with E-state index in [1.54, 1.807) is 12.4 Å². The van der Waals surface area contributed by atoms with Crippen LogP contribution in [-0.4, -0.2) is 44.4 Å². The maximum absolute atomic E-state index is 12.4. The van der Waals surface area contributed by atoms with Gasteiger partial charge in [-0.3, -0.25) is 14.3 Å². The number of pyridine rings is 1. The fraction of sp³-hybridized carbons (Fsp3) is 0.304. The van der Waals surface area contributed by atoms with Crippen LogP contribution in [-0.2, 0) is 22.7 Å². The standard InChI is InChI=1S/C23H23N5O3/c1-14-8-28(13-25-14)21-6-3-16(7-24-21)9-27-10-20(26-22(29)11-27)17-4-5-18-19(15(17)2)12-31-23(18)30/h3-8,13,20H,9-12H2,1-2H3,(H,26,29)/t20-/m0/s1. The number of piperazine rings is 1. The van der Waals surface area contributed by atoms with Gasteiger partial charge in [-0.1, -0.05) is 12.1 Å². The molecule has 1 aromatic carbocycles. The van der Waals surface area contributed by atoms with Gasteiger partial charge in [0.2, 0.25) is 5.91 Å². The molecule has 1 saturated heterocycles. The van der Waals surface area contributed by atoms with E-state index in [-0.39, 0.29) is 17.9 Å². The monoisotopic (exact) mass is 417 g/mol. The highest BCUT2D eigenvalue weighted by atomic mass is 16.5. The second-order valence-electron chi connectivity index (χ2n) is 8.12. The van der Waals surface area contributed by atoms with Crippen molar-refractivity contribution in [3.63, 3.8) is 0 Å². The molecule has 31 heavy (non-hydrogen) atoms. The molecule has 158 valence electrons. The number of carbonyl (C=O) groups is 2. The minimum atomic E-state index is -0.277. The maximum Gasteiger partial charge on any atom is 0.338 e. The van der Waals surface area contributed by atoms with Crippen molar-refractivity contribution in [2.75, 3.05) is 13.1 Å². The summed E-state index contributed by atoms with van der Waals surface area (Å²) >= 11 is 0. The second-order valence-corrected chi connectivity index (χ2v) is 8.12. The van der Waals surface area contributed by atoms with Crippen LogP contribution < -0.4 is 5.32 Å². The summed E-state index contributed by atoms with van der Waals surface area (Å²) in [5.41, 5.74) is 5.56. The van der Waals surface area contributed by atoms with Crippen molar-refractivity contribution in [2.24, 2.45) is 0 Å². The van der Waals surface area contributed by atoms with E-state index in [1.807, 2.05) is 49.0 Å². The van der Waals surface area contributed by atoms with Gasteiger partial charge < -0.3 is 10.1 Å². The van der Waals surface area contributed by atoms with E-state index in [4.69, 9.17) is 4.74 Å². The molecular formula is C23H23N5O3. The molecule has 0 bridgehead atoms. The number of amides is 1. The molecular weight excluding hydrogens is 394 g/mol. The predicted octanol–water partition coefficient (Wildman–Crippen LogP) is 2.23. The molecule has 1 fully saturated rings. The van der Waals surface area contributed by atoms with Gasteiger partial charge in [-0.2, -0.15) is 0 Å². The lowest BCUT2D eigenvalue weighted by Crippen LogP contribution is -2.49.